The molecule has 0 radical (unpaired) electrons. The third kappa shape index (κ3) is 3.45. The highest BCUT2D eigenvalue weighted by Gasteiger charge is 2.26. The van der Waals surface area contributed by atoms with E-state index in [2.05, 4.69) is 11.8 Å². The average molecular weight is 254 g/mol. The summed E-state index contributed by atoms with van der Waals surface area (Å²) in [5.41, 5.74) is 0. The lowest BCUT2D eigenvalue weighted by Gasteiger charge is -2.37. The first-order valence-corrected chi connectivity index (χ1v) is 7.40. The Labute approximate surface area is 110 Å². The first kappa shape index (κ1) is 13.8. The Morgan fingerprint density at radius 1 is 1.28 bits per heavy atom. The van der Waals surface area contributed by atoms with E-state index in [1.54, 1.807) is 0 Å². The van der Waals surface area contributed by atoms with Crippen LogP contribution >= 0.6 is 0 Å². The van der Waals surface area contributed by atoms with Crippen LogP contribution in [-0.2, 0) is 4.79 Å². The molecular formula is C14H26N2O2. The van der Waals surface area contributed by atoms with E-state index in [-0.39, 0.29) is 12.0 Å². The van der Waals surface area contributed by atoms with Crippen LogP contribution in [0, 0.1) is 0 Å². The predicted octanol–water partition coefficient (Wildman–Crippen LogP) is 1.23. The molecule has 104 valence electrons. The smallest absolute Gasteiger partial charge is 0.222 e. The first-order valence-electron chi connectivity index (χ1n) is 7.40. The molecule has 2 saturated heterocycles. The lowest BCUT2D eigenvalue weighted by atomic mass is 9.99. The predicted molar refractivity (Wildman–Crippen MR) is 71.3 cm³/mol. The molecular weight excluding hydrogens is 228 g/mol. The number of carbonyl (C=O) groups is 1. The number of nitrogens with zero attached hydrogens (tertiary/aromatic N) is 2. The highest BCUT2D eigenvalue weighted by Crippen LogP contribution is 2.20. The second-order valence-electron chi connectivity index (χ2n) is 5.65. The number of amides is 1. The number of likely N-dealkylation sites (tertiary alicyclic amines) is 2. The van der Waals surface area contributed by atoms with Crippen LogP contribution in [0.1, 0.15) is 45.4 Å². The van der Waals surface area contributed by atoms with Crippen LogP contribution in [0.4, 0.5) is 0 Å². The van der Waals surface area contributed by atoms with Crippen LogP contribution in [0.25, 0.3) is 0 Å². The second-order valence-corrected chi connectivity index (χ2v) is 5.65. The summed E-state index contributed by atoms with van der Waals surface area (Å²) in [5, 5.41) is 10.2. The number of aliphatic hydroxyl groups is 1. The highest BCUT2D eigenvalue weighted by atomic mass is 16.3. The quantitative estimate of drug-likeness (QED) is 0.802. The van der Waals surface area contributed by atoms with E-state index in [4.69, 9.17) is 0 Å². The number of aliphatic hydroxyl groups excluding tert-OH is 1. The zero-order chi connectivity index (χ0) is 13.0. The minimum atomic E-state index is -0.390. The number of rotatable bonds is 5. The minimum absolute atomic E-state index is 0.208. The molecule has 0 aromatic carbocycles. The van der Waals surface area contributed by atoms with Crippen molar-refractivity contribution in [2.75, 3.05) is 26.2 Å². The SMILES string of the molecule is CCC1CCCCN1CC(O)CN1CCCC1=O. The molecule has 18 heavy (non-hydrogen) atoms. The molecule has 2 aliphatic rings. The molecule has 1 amide bonds. The van der Waals surface area contributed by atoms with Crippen molar-refractivity contribution < 1.29 is 9.90 Å². The van der Waals surface area contributed by atoms with Gasteiger partial charge in [0.1, 0.15) is 0 Å². The van der Waals surface area contributed by atoms with E-state index >= 15 is 0 Å². The van der Waals surface area contributed by atoms with Crippen LogP contribution in [0.5, 0.6) is 0 Å². The maximum atomic E-state index is 11.5. The summed E-state index contributed by atoms with van der Waals surface area (Å²) in [6.07, 6.45) is 6.20. The number of β-amino-alcohol motifs (C(OH)–C–C–N with tert-alkyl or cyclic N) is 1. The highest BCUT2D eigenvalue weighted by molar-refractivity contribution is 5.78. The van der Waals surface area contributed by atoms with Gasteiger partial charge in [0.2, 0.25) is 5.91 Å². The number of carbonyl (C=O) groups excluding carboxylic acids is 1. The zero-order valence-electron chi connectivity index (χ0n) is 11.5. The van der Waals surface area contributed by atoms with Crippen LogP contribution < -0.4 is 0 Å². The molecule has 2 atom stereocenters. The molecule has 0 spiro atoms. The van der Waals surface area contributed by atoms with Gasteiger partial charge >= 0.3 is 0 Å². The average Bonchev–Trinajstić information content (AvgIpc) is 2.75. The number of hydrogen-bond acceptors (Lipinski definition) is 3. The summed E-state index contributed by atoms with van der Waals surface area (Å²) in [6.45, 7) is 5.39. The van der Waals surface area contributed by atoms with Gasteiger partial charge in [-0.05, 0) is 32.2 Å². The summed E-state index contributed by atoms with van der Waals surface area (Å²) in [4.78, 5) is 15.8. The fourth-order valence-corrected chi connectivity index (χ4v) is 3.24. The fraction of sp³-hybridized carbons (Fsp3) is 0.929. The van der Waals surface area contributed by atoms with Crippen LogP contribution in [0.2, 0.25) is 0 Å². The molecule has 0 aliphatic carbocycles. The summed E-state index contributed by atoms with van der Waals surface area (Å²) in [7, 11) is 0. The first-order chi connectivity index (χ1) is 8.70. The molecule has 2 aliphatic heterocycles. The third-order valence-electron chi connectivity index (χ3n) is 4.27. The van der Waals surface area contributed by atoms with Gasteiger partial charge in [0.25, 0.3) is 0 Å². The van der Waals surface area contributed by atoms with Crippen molar-refractivity contribution in [3.8, 4) is 0 Å². The van der Waals surface area contributed by atoms with E-state index < -0.39 is 0 Å². The monoisotopic (exact) mass is 254 g/mol. The van der Waals surface area contributed by atoms with E-state index in [0.717, 1.165) is 32.5 Å². The Kier molecular flexibility index (Phi) is 5.01. The lowest BCUT2D eigenvalue weighted by molar-refractivity contribution is -0.129. The van der Waals surface area contributed by atoms with Crippen molar-refractivity contribution in [1.82, 2.24) is 9.80 Å². The minimum Gasteiger partial charge on any atom is -0.390 e. The van der Waals surface area contributed by atoms with Crippen molar-refractivity contribution in [2.45, 2.75) is 57.6 Å². The molecule has 0 aromatic rings. The molecule has 2 fully saturated rings. The van der Waals surface area contributed by atoms with Gasteiger partial charge in [-0.15, -0.1) is 0 Å². The van der Waals surface area contributed by atoms with Gasteiger partial charge in [-0.1, -0.05) is 13.3 Å². The largest absolute Gasteiger partial charge is 0.390 e. The summed E-state index contributed by atoms with van der Waals surface area (Å²) in [6, 6.07) is 0.627. The van der Waals surface area contributed by atoms with Crippen LogP contribution in [0.15, 0.2) is 0 Å². The molecule has 4 nitrogen and oxygen atoms in total. The normalized spacial score (nSPS) is 27.8. The topological polar surface area (TPSA) is 43.8 Å². The van der Waals surface area contributed by atoms with Crippen LogP contribution in [-0.4, -0.2) is 59.1 Å². The maximum Gasteiger partial charge on any atom is 0.222 e. The Hall–Kier alpha value is -0.610. The zero-order valence-corrected chi connectivity index (χ0v) is 11.5. The molecule has 4 heteroatoms. The van der Waals surface area contributed by atoms with Crippen molar-refractivity contribution in [1.29, 1.82) is 0 Å². The van der Waals surface area contributed by atoms with Gasteiger partial charge in [0.15, 0.2) is 0 Å². The van der Waals surface area contributed by atoms with Crippen molar-refractivity contribution in [3.63, 3.8) is 0 Å². The Morgan fingerprint density at radius 2 is 2.11 bits per heavy atom. The Morgan fingerprint density at radius 3 is 2.78 bits per heavy atom. The van der Waals surface area contributed by atoms with Gasteiger partial charge in [-0.25, -0.2) is 0 Å². The van der Waals surface area contributed by atoms with E-state index in [0.29, 0.717) is 19.0 Å². The van der Waals surface area contributed by atoms with Gasteiger partial charge in [-0.2, -0.15) is 0 Å². The molecule has 0 aromatic heterocycles. The summed E-state index contributed by atoms with van der Waals surface area (Å²) >= 11 is 0. The second kappa shape index (κ2) is 6.53. The third-order valence-corrected chi connectivity index (χ3v) is 4.27. The lowest BCUT2D eigenvalue weighted by Crippen LogP contribution is -2.46. The van der Waals surface area contributed by atoms with E-state index in [1.165, 1.54) is 19.3 Å². The van der Waals surface area contributed by atoms with Crippen molar-refractivity contribution in [3.05, 3.63) is 0 Å². The fourth-order valence-electron chi connectivity index (χ4n) is 3.24. The van der Waals surface area contributed by atoms with Gasteiger partial charge in [0, 0.05) is 32.1 Å². The summed E-state index contributed by atoms with van der Waals surface area (Å²) in [5.74, 6) is 0.208. The van der Waals surface area contributed by atoms with Crippen molar-refractivity contribution >= 4 is 5.91 Å². The van der Waals surface area contributed by atoms with Gasteiger partial charge in [-0.3, -0.25) is 9.69 Å². The summed E-state index contributed by atoms with van der Waals surface area (Å²) < 4.78 is 0. The van der Waals surface area contributed by atoms with Crippen molar-refractivity contribution in [2.24, 2.45) is 0 Å². The molecule has 1 N–H and O–H groups in total. The van der Waals surface area contributed by atoms with E-state index in [9.17, 15) is 9.90 Å². The molecule has 0 saturated carbocycles. The van der Waals surface area contributed by atoms with Gasteiger partial charge in [0.05, 0.1) is 6.10 Å². The molecule has 2 heterocycles. The van der Waals surface area contributed by atoms with Gasteiger partial charge < -0.3 is 10.0 Å². The maximum absolute atomic E-state index is 11.5. The molecule has 0 bridgehead atoms. The molecule has 2 rings (SSSR count). The van der Waals surface area contributed by atoms with Crippen LogP contribution in [0.3, 0.4) is 0 Å². The number of piperidine rings is 1. The standard InChI is InChI=1S/C14H26N2O2/c1-2-12-6-3-4-8-15(12)10-13(17)11-16-9-5-7-14(16)18/h12-13,17H,2-11H2,1H3. The number of hydrogen-bond donors (Lipinski definition) is 1. The Balaban J connectivity index is 1.78. The van der Waals surface area contributed by atoms with E-state index in [1.807, 2.05) is 4.90 Å². The molecule has 2 unspecified atom stereocenters. The Bertz CT molecular complexity index is 283.